The Kier molecular flexibility index (Phi) is 2.72. The largest absolute Gasteiger partial charge is 0.359 e. The Morgan fingerprint density at radius 2 is 2.30 bits per heavy atom. The van der Waals surface area contributed by atoms with Crippen LogP contribution < -0.4 is 5.32 Å². The monoisotopic (exact) mass is 141 g/mol. The summed E-state index contributed by atoms with van der Waals surface area (Å²) in [5, 5.41) is 2.62. The number of carbonyl (C=O) groups is 1. The van der Waals surface area contributed by atoms with E-state index in [0.29, 0.717) is 6.42 Å². The topological polar surface area (TPSA) is 29.1 Å². The van der Waals surface area contributed by atoms with Gasteiger partial charge in [0.15, 0.2) is 0 Å². The number of nitrogens with one attached hydrogen (secondary N) is 1. The summed E-state index contributed by atoms with van der Waals surface area (Å²) < 4.78 is 0. The molecule has 0 saturated heterocycles. The lowest BCUT2D eigenvalue weighted by molar-refractivity contribution is -0.120. The van der Waals surface area contributed by atoms with E-state index in [1.54, 1.807) is 7.05 Å². The van der Waals surface area contributed by atoms with Gasteiger partial charge in [0.05, 0.1) is 0 Å². The molecule has 1 aliphatic rings. The van der Waals surface area contributed by atoms with Gasteiger partial charge in [-0.25, -0.2) is 0 Å². The molecule has 0 spiro atoms. The molecule has 10 heavy (non-hydrogen) atoms. The fourth-order valence-corrected chi connectivity index (χ4v) is 1.08. The van der Waals surface area contributed by atoms with E-state index in [4.69, 9.17) is 0 Å². The van der Waals surface area contributed by atoms with Crippen molar-refractivity contribution in [3.05, 3.63) is 0 Å². The van der Waals surface area contributed by atoms with E-state index in [1.165, 1.54) is 19.3 Å². The van der Waals surface area contributed by atoms with Crippen molar-refractivity contribution in [3.63, 3.8) is 0 Å². The van der Waals surface area contributed by atoms with Gasteiger partial charge >= 0.3 is 0 Å². The lowest BCUT2D eigenvalue weighted by Crippen LogP contribution is -2.16. The summed E-state index contributed by atoms with van der Waals surface area (Å²) in [6, 6.07) is 0. The first-order valence-corrected chi connectivity index (χ1v) is 4.03. The summed E-state index contributed by atoms with van der Waals surface area (Å²) in [7, 11) is 1.69. The van der Waals surface area contributed by atoms with Crippen LogP contribution in [0.4, 0.5) is 0 Å². The zero-order valence-corrected chi connectivity index (χ0v) is 6.52. The predicted molar refractivity (Wildman–Crippen MR) is 40.6 cm³/mol. The van der Waals surface area contributed by atoms with Gasteiger partial charge in [-0.1, -0.05) is 12.8 Å². The molecule has 0 unspecified atom stereocenters. The maximum absolute atomic E-state index is 10.7. The minimum Gasteiger partial charge on any atom is -0.359 e. The Balaban J connectivity index is 1.88. The minimum absolute atomic E-state index is 0.181. The van der Waals surface area contributed by atoms with E-state index in [0.717, 1.165) is 12.3 Å². The first kappa shape index (κ1) is 7.58. The number of rotatable bonds is 4. The SMILES string of the molecule is CNC(=O)CCCC1CC1. The number of hydrogen-bond acceptors (Lipinski definition) is 1. The number of hydrogen-bond donors (Lipinski definition) is 1. The fourth-order valence-electron chi connectivity index (χ4n) is 1.08. The van der Waals surface area contributed by atoms with Crippen molar-refractivity contribution in [2.45, 2.75) is 32.1 Å². The molecule has 0 aromatic heterocycles. The van der Waals surface area contributed by atoms with Crippen LogP contribution in [0.15, 0.2) is 0 Å². The molecule has 0 heterocycles. The van der Waals surface area contributed by atoms with Crippen molar-refractivity contribution in [2.75, 3.05) is 7.05 Å². The van der Waals surface area contributed by atoms with E-state index in [9.17, 15) is 4.79 Å². The minimum atomic E-state index is 0.181. The van der Waals surface area contributed by atoms with Crippen molar-refractivity contribution in [1.82, 2.24) is 5.32 Å². The van der Waals surface area contributed by atoms with Crippen LogP contribution in [0.25, 0.3) is 0 Å². The second kappa shape index (κ2) is 3.59. The van der Waals surface area contributed by atoms with Gasteiger partial charge in [-0.15, -0.1) is 0 Å². The highest BCUT2D eigenvalue weighted by Crippen LogP contribution is 2.33. The van der Waals surface area contributed by atoms with E-state index < -0.39 is 0 Å². The third-order valence-corrected chi connectivity index (χ3v) is 1.99. The van der Waals surface area contributed by atoms with Crippen molar-refractivity contribution in [3.8, 4) is 0 Å². The summed E-state index contributed by atoms with van der Waals surface area (Å²) in [6.07, 6.45) is 5.84. The lowest BCUT2D eigenvalue weighted by atomic mass is 10.2. The van der Waals surface area contributed by atoms with Crippen LogP contribution in [0.3, 0.4) is 0 Å². The highest BCUT2D eigenvalue weighted by atomic mass is 16.1. The van der Waals surface area contributed by atoms with Crippen molar-refractivity contribution >= 4 is 5.91 Å². The second-order valence-corrected chi connectivity index (χ2v) is 3.01. The number of amides is 1. The smallest absolute Gasteiger partial charge is 0.219 e. The molecule has 58 valence electrons. The molecule has 0 aliphatic heterocycles. The molecule has 1 saturated carbocycles. The van der Waals surface area contributed by atoms with Gasteiger partial charge in [0, 0.05) is 13.5 Å². The van der Waals surface area contributed by atoms with Crippen LogP contribution in [0.5, 0.6) is 0 Å². The van der Waals surface area contributed by atoms with Crippen LogP contribution >= 0.6 is 0 Å². The molecule has 1 rings (SSSR count). The zero-order valence-electron chi connectivity index (χ0n) is 6.52. The third-order valence-electron chi connectivity index (χ3n) is 1.99. The molecule has 0 radical (unpaired) electrons. The normalized spacial score (nSPS) is 16.9. The maximum Gasteiger partial charge on any atom is 0.219 e. The number of carbonyl (C=O) groups excluding carboxylic acids is 1. The molecule has 2 heteroatoms. The first-order chi connectivity index (χ1) is 4.83. The van der Waals surface area contributed by atoms with Crippen molar-refractivity contribution < 1.29 is 4.79 Å². The van der Waals surface area contributed by atoms with Crippen LogP contribution in [0, 0.1) is 5.92 Å². The standard InChI is InChI=1S/C8H15NO/c1-9-8(10)4-2-3-7-5-6-7/h7H,2-6H2,1H3,(H,9,10). The Morgan fingerprint density at radius 3 is 2.80 bits per heavy atom. The summed E-state index contributed by atoms with van der Waals surface area (Å²) in [4.78, 5) is 10.7. The molecule has 0 atom stereocenters. The van der Waals surface area contributed by atoms with Gasteiger partial charge in [0.2, 0.25) is 5.91 Å². The second-order valence-electron chi connectivity index (χ2n) is 3.01. The Bertz CT molecular complexity index is 118. The zero-order chi connectivity index (χ0) is 7.40. The average molecular weight is 141 g/mol. The van der Waals surface area contributed by atoms with E-state index in [1.807, 2.05) is 0 Å². The molecular weight excluding hydrogens is 126 g/mol. The van der Waals surface area contributed by atoms with Gasteiger partial charge in [-0.3, -0.25) is 4.79 Å². The molecular formula is C8H15NO. The summed E-state index contributed by atoms with van der Waals surface area (Å²) in [5.74, 6) is 1.14. The summed E-state index contributed by atoms with van der Waals surface area (Å²) in [6.45, 7) is 0. The predicted octanol–water partition coefficient (Wildman–Crippen LogP) is 1.31. The molecule has 1 fully saturated rings. The van der Waals surface area contributed by atoms with Gasteiger partial charge < -0.3 is 5.32 Å². The molecule has 1 amide bonds. The third kappa shape index (κ3) is 2.85. The van der Waals surface area contributed by atoms with Gasteiger partial charge in [0.1, 0.15) is 0 Å². The van der Waals surface area contributed by atoms with Gasteiger partial charge in [-0.2, -0.15) is 0 Å². The van der Waals surface area contributed by atoms with Crippen molar-refractivity contribution in [1.29, 1.82) is 0 Å². The highest BCUT2D eigenvalue weighted by Gasteiger charge is 2.20. The van der Waals surface area contributed by atoms with E-state index in [2.05, 4.69) is 5.32 Å². The van der Waals surface area contributed by atoms with Crippen LogP contribution in [0.2, 0.25) is 0 Å². The highest BCUT2D eigenvalue weighted by molar-refractivity contribution is 5.75. The Labute approximate surface area is 62.0 Å². The molecule has 0 aromatic rings. The molecule has 1 aliphatic carbocycles. The Morgan fingerprint density at radius 1 is 1.60 bits per heavy atom. The molecule has 1 N–H and O–H groups in total. The fraction of sp³-hybridized carbons (Fsp3) is 0.875. The summed E-state index contributed by atoms with van der Waals surface area (Å²) in [5.41, 5.74) is 0. The molecule has 0 aromatic carbocycles. The maximum atomic E-state index is 10.7. The van der Waals surface area contributed by atoms with Crippen LogP contribution in [-0.4, -0.2) is 13.0 Å². The van der Waals surface area contributed by atoms with E-state index >= 15 is 0 Å². The first-order valence-electron chi connectivity index (χ1n) is 4.03. The van der Waals surface area contributed by atoms with Gasteiger partial charge in [0.25, 0.3) is 0 Å². The quantitative estimate of drug-likeness (QED) is 0.628. The van der Waals surface area contributed by atoms with Gasteiger partial charge in [-0.05, 0) is 18.8 Å². The summed E-state index contributed by atoms with van der Waals surface area (Å²) >= 11 is 0. The average Bonchev–Trinajstić information content (AvgIpc) is 2.71. The van der Waals surface area contributed by atoms with Crippen LogP contribution in [0.1, 0.15) is 32.1 Å². The van der Waals surface area contributed by atoms with E-state index in [-0.39, 0.29) is 5.91 Å². The molecule has 0 bridgehead atoms. The Hall–Kier alpha value is -0.530. The van der Waals surface area contributed by atoms with Crippen molar-refractivity contribution in [2.24, 2.45) is 5.92 Å². The van der Waals surface area contributed by atoms with Crippen LogP contribution in [-0.2, 0) is 4.79 Å². The molecule has 2 nitrogen and oxygen atoms in total. The lowest BCUT2D eigenvalue weighted by Gasteiger charge is -1.97.